The highest BCUT2D eigenvalue weighted by atomic mass is 35.5. The minimum Gasteiger partial charge on any atom is -0.508 e. The van der Waals surface area contributed by atoms with Crippen LogP contribution in [0.4, 0.5) is 0 Å². The lowest BCUT2D eigenvalue weighted by atomic mass is 9.97. The highest BCUT2D eigenvalue weighted by molar-refractivity contribution is 8.00. The lowest BCUT2D eigenvalue weighted by Gasteiger charge is -2.31. The summed E-state index contributed by atoms with van der Waals surface area (Å²) in [5.74, 6) is 1.65. The van der Waals surface area contributed by atoms with Gasteiger partial charge in [-0.2, -0.15) is 0 Å². The van der Waals surface area contributed by atoms with Crippen molar-refractivity contribution in [2.75, 3.05) is 32.4 Å². The number of carbonyl (C=O) groups excluding carboxylic acids is 1. The first kappa shape index (κ1) is 18.1. The van der Waals surface area contributed by atoms with Crippen LogP contribution in [-0.4, -0.2) is 48.3 Å². The Hall–Kier alpha value is -0.910. The minimum atomic E-state index is 0. The van der Waals surface area contributed by atoms with Crippen LogP contribution >= 0.6 is 24.2 Å². The van der Waals surface area contributed by atoms with Gasteiger partial charge < -0.3 is 15.3 Å². The van der Waals surface area contributed by atoms with E-state index >= 15 is 0 Å². The maximum Gasteiger partial charge on any atom is 0.232 e. The molecule has 2 rings (SSSR count). The number of phenols is 1. The molecule has 0 aliphatic carbocycles. The molecule has 1 heterocycles. The third kappa shape index (κ3) is 5.77. The second-order valence-electron chi connectivity index (χ2n) is 5.16. The Kier molecular flexibility index (Phi) is 7.93. The number of benzene rings is 1. The minimum absolute atomic E-state index is 0. The predicted octanol–water partition coefficient (Wildman–Crippen LogP) is 2.36. The summed E-state index contributed by atoms with van der Waals surface area (Å²) < 4.78 is 0. The fourth-order valence-electron chi connectivity index (χ4n) is 2.45. The molecule has 1 aliphatic heterocycles. The molecule has 1 aromatic rings. The average molecular weight is 331 g/mol. The van der Waals surface area contributed by atoms with E-state index in [0.29, 0.717) is 11.7 Å². The first-order chi connectivity index (χ1) is 9.69. The van der Waals surface area contributed by atoms with Crippen molar-refractivity contribution >= 4 is 30.1 Å². The Morgan fingerprint density at radius 3 is 2.52 bits per heavy atom. The van der Waals surface area contributed by atoms with Crippen molar-refractivity contribution in [1.82, 2.24) is 10.2 Å². The number of likely N-dealkylation sites (tertiary alicyclic amines) is 1. The molecule has 0 aromatic heterocycles. The summed E-state index contributed by atoms with van der Waals surface area (Å²) in [5.41, 5.74) is 0. The molecule has 0 bridgehead atoms. The van der Waals surface area contributed by atoms with Crippen molar-refractivity contribution in [3.8, 4) is 5.75 Å². The van der Waals surface area contributed by atoms with Gasteiger partial charge in [-0.3, -0.25) is 4.79 Å². The van der Waals surface area contributed by atoms with Crippen LogP contribution in [0.15, 0.2) is 29.2 Å². The standard InChI is InChI=1S/C15H22N2O2S.ClH/c1-16-10-12-6-8-17(9-7-12)15(19)11-20-14-4-2-13(18)3-5-14;/h2-5,12,16,18H,6-11H2,1H3;1H. The fraction of sp³-hybridized carbons (Fsp3) is 0.533. The highest BCUT2D eigenvalue weighted by Crippen LogP contribution is 2.22. The van der Waals surface area contributed by atoms with Crippen molar-refractivity contribution in [3.05, 3.63) is 24.3 Å². The molecule has 4 nitrogen and oxygen atoms in total. The molecule has 21 heavy (non-hydrogen) atoms. The number of hydrogen-bond acceptors (Lipinski definition) is 4. The van der Waals surface area contributed by atoms with Crippen LogP contribution in [-0.2, 0) is 4.79 Å². The van der Waals surface area contributed by atoms with Crippen LogP contribution in [0.1, 0.15) is 12.8 Å². The van der Waals surface area contributed by atoms with Crippen LogP contribution in [0, 0.1) is 5.92 Å². The number of hydrogen-bond donors (Lipinski definition) is 2. The van der Waals surface area contributed by atoms with E-state index in [9.17, 15) is 9.90 Å². The number of piperidine rings is 1. The Bertz CT molecular complexity index is 434. The van der Waals surface area contributed by atoms with Crippen LogP contribution < -0.4 is 5.32 Å². The Labute approximate surface area is 136 Å². The number of rotatable bonds is 5. The SMILES string of the molecule is CNCC1CCN(C(=O)CSc2ccc(O)cc2)CC1.Cl. The molecule has 1 saturated heterocycles. The van der Waals surface area contributed by atoms with Gasteiger partial charge in [-0.25, -0.2) is 0 Å². The van der Waals surface area contributed by atoms with E-state index in [2.05, 4.69) is 5.32 Å². The number of halogens is 1. The molecule has 1 aliphatic rings. The van der Waals surface area contributed by atoms with Gasteiger partial charge in [0, 0.05) is 18.0 Å². The quantitative estimate of drug-likeness (QED) is 0.814. The summed E-state index contributed by atoms with van der Waals surface area (Å²) in [6, 6.07) is 6.98. The summed E-state index contributed by atoms with van der Waals surface area (Å²) in [7, 11) is 1.98. The van der Waals surface area contributed by atoms with Crippen molar-refractivity contribution in [1.29, 1.82) is 0 Å². The summed E-state index contributed by atoms with van der Waals surface area (Å²) in [5, 5.41) is 12.4. The van der Waals surface area contributed by atoms with Gasteiger partial charge in [0.05, 0.1) is 5.75 Å². The molecule has 118 valence electrons. The van der Waals surface area contributed by atoms with E-state index in [1.807, 2.05) is 24.1 Å². The molecular formula is C15H23ClN2O2S. The Morgan fingerprint density at radius 2 is 1.95 bits per heavy atom. The zero-order valence-electron chi connectivity index (χ0n) is 12.2. The molecule has 1 aromatic carbocycles. The third-order valence-electron chi connectivity index (χ3n) is 3.66. The molecular weight excluding hydrogens is 308 g/mol. The van der Waals surface area contributed by atoms with Gasteiger partial charge >= 0.3 is 0 Å². The number of nitrogens with one attached hydrogen (secondary N) is 1. The normalized spacial score (nSPS) is 15.6. The predicted molar refractivity (Wildman–Crippen MR) is 89.3 cm³/mol. The van der Waals surface area contributed by atoms with Gasteiger partial charge in [0.25, 0.3) is 0 Å². The molecule has 2 N–H and O–H groups in total. The molecule has 1 amide bonds. The maximum atomic E-state index is 12.1. The smallest absolute Gasteiger partial charge is 0.232 e. The number of carbonyl (C=O) groups is 1. The van der Waals surface area contributed by atoms with Gasteiger partial charge in [0.1, 0.15) is 5.75 Å². The molecule has 0 unspecified atom stereocenters. The topological polar surface area (TPSA) is 52.6 Å². The molecule has 0 radical (unpaired) electrons. The van der Waals surface area contributed by atoms with Crippen LogP contribution in [0.3, 0.4) is 0 Å². The van der Waals surface area contributed by atoms with Crippen molar-refractivity contribution in [3.63, 3.8) is 0 Å². The van der Waals surface area contributed by atoms with Gasteiger partial charge in [-0.1, -0.05) is 0 Å². The van der Waals surface area contributed by atoms with Gasteiger partial charge in [0.2, 0.25) is 5.91 Å². The zero-order valence-corrected chi connectivity index (χ0v) is 13.9. The van der Waals surface area contributed by atoms with E-state index in [0.717, 1.165) is 37.4 Å². The van der Waals surface area contributed by atoms with Crippen molar-refractivity contribution < 1.29 is 9.90 Å². The summed E-state index contributed by atoms with van der Waals surface area (Å²) in [6.07, 6.45) is 2.19. The third-order valence-corrected chi connectivity index (χ3v) is 4.66. The summed E-state index contributed by atoms with van der Waals surface area (Å²) >= 11 is 1.53. The van der Waals surface area contributed by atoms with Crippen LogP contribution in [0.25, 0.3) is 0 Å². The van der Waals surface area contributed by atoms with E-state index in [-0.39, 0.29) is 24.1 Å². The molecule has 6 heteroatoms. The number of aromatic hydroxyl groups is 1. The Morgan fingerprint density at radius 1 is 1.33 bits per heavy atom. The highest BCUT2D eigenvalue weighted by Gasteiger charge is 2.22. The molecule has 1 fully saturated rings. The monoisotopic (exact) mass is 330 g/mol. The first-order valence-corrected chi connectivity index (χ1v) is 8.02. The maximum absolute atomic E-state index is 12.1. The van der Waals surface area contributed by atoms with Crippen LogP contribution in [0.2, 0.25) is 0 Å². The fourth-order valence-corrected chi connectivity index (χ4v) is 3.26. The molecule has 0 spiro atoms. The number of phenolic OH excluding ortho intramolecular Hbond substituents is 1. The summed E-state index contributed by atoms with van der Waals surface area (Å²) in [4.78, 5) is 15.1. The second-order valence-corrected chi connectivity index (χ2v) is 6.21. The van der Waals surface area contributed by atoms with Crippen molar-refractivity contribution in [2.45, 2.75) is 17.7 Å². The Balaban J connectivity index is 0.00000220. The first-order valence-electron chi connectivity index (χ1n) is 7.03. The van der Waals surface area contributed by atoms with Gasteiger partial charge in [-0.15, -0.1) is 24.2 Å². The number of nitrogens with zero attached hydrogens (tertiary/aromatic N) is 1. The zero-order chi connectivity index (χ0) is 14.4. The lowest BCUT2D eigenvalue weighted by molar-refractivity contribution is -0.129. The van der Waals surface area contributed by atoms with Gasteiger partial charge in [-0.05, 0) is 56.6 Å². The number of thioether (sulfide) groups is 1. The van der Waals surface area contributed by atoms with E-state index in [1.54, 1.807) is 12.1 Å². The largest absolute Gasteiger partial charge is 0.508 e. The second kappa shape index (κ2) is 9.18. The van der Waals surface area contributed by atoms with Gasteiger partial charge in [0.15, 0.2) is 0 Å². The molecule has 0 saturated carbocycles. The average Bonchev–Trinajstić information content (AvgIpc) is 2.47. The van der Waals surface area contributed by atoms with E-state index in [1.165, 1.54) is 11.8 Å². The van der Waals surface area contributed by atoms with E-state index in [4.69, 9.17) is 0 Å². The lowest BCUT2D eigenvalue weighted by Crippen LogP contribution is -2.41. The number of amides is 1. The summed E-state index contributed by atoms with van der Waals surface area (Å²) in [6.45, 7) is 2.80. The van der Waals surface area contributed by atoms with Crippen molar-refractivity contribution in [2.24, 2.45) is 5.92 Å². The van der Waals surface area contributed by atoms with Crippen LogP contribution in [0.5, 0.6) is 5.75 Å². The van der Waals surface area contributed by atoms with E-state index < -0.39 is 0 Å². The molecule has 0 atom stereocenters.